The van der Waals surface area contributed by atoms with Crippen molar-refractivity contribution in [1.82, 2.24) is 14.8 Å². The number of pyridine rings is 1. The highest BCUT2D eigenvalue weighted by Gasteiger charge is 2.21. The van der Waals surface area contributed by atoms with Crippen molar-refractivity contribution in [3.05, 3.63) is 35.4 Å². The Hall–Kier alpha value is -1.60. The Morgan fingerprint density at radius 3 is 2.48 bits per heavy atom. The van der Waals surface area contributed by atoms with E-state index >= 15 is 0 Å². The molecule has 2 heterocycles. The molecule has 2 rings (SSSR count). The fraction of sp³-hybridized carbons (Fsp3) is 0.467. The van der Waals surface area contributed by atoms with Crippen LogP contribution >= 0.6 is 11.6 Å². The van der Waals surface area contributed by atoms with Gasteiger partial charge in [-0.3, -0.25) is 14.4 Å². The van der Waals surface area contributed by atoms with Gasteiger partial charge in [-0.15, -0.1) is 0 Å². The molecule has 0 saturated heterocycles. The van der Waals surface area contributed by atoms with Gasteiger partial charge in [-0.05, 0) is 25.3 Å². The Bertz CT molecular complexity index is 770. The molecule has 0 saturated carbocycles. The maximum absolute atomic E-state index is 12.5. The standard InChI is InChI=1S/C15H21ClN4O2S/c1-4-12(5-2)20-15(6-3)14(10-18-20)19-23(21,22)13-7-11(16)8-17-9-13/h7-10,12,19H,4-6H2,1-3H3. The predicted molar refractivity (Wildman–Crippen MR) is 91.3 cm³/mol. The quantitative estimate of drug-likeness (QED) is 0.821. The number of hydrogen-bond acceptors (Lipinski definition) is 4. The Morgan fingerprint density at radius 2 is 1.91 bits per heavy atom. The van der Waals surface area contributed by atoms with Gasteiger partial charge in [-0.25, -0.2) is 8.42 Å². The van der Waals surface area contributed by atoms with Crippen molar-refractivity contribution in [2.75, 3.05) is 4.72 Å². The van der Waals surface area contributed by atoms with E-state index in [1.807, 2.05) is 11.6 Å². The molecule has 0 bridgehead atoms. The summed E-state index contributed by atoms with van der Waals surface area (Å²) < 4.78 is 29.5. The molecule has 23 heavy (non-hydrogen) atoms. The van der Waals surface area contributed by atoms with Gasteiger partial charge < -0.3 is 0 Å². The summed E-state index contributed by atoms with van der Waals surface area (Å²) in [5.41, 5.74) is 1.37. The van der Waals surface area contributed by atoms with Gasteiger partial charge in [0.1, 0.15) is 4.90 Å². The largest absolute Gasteiger partial charge is 0.276 e. The van der Waals surface area contributed by atoms with E-state index in [9.17, 15) is 8.42 Å². The van der Waals surface area contributed by atoms with E-state index in [-0.39, 0.29) is 16.0 Å². The Labute approximate surface area is 141 Å². The second kappa shape index (κ2) is 7.31. The minimum atomic E-state index is -3.74. The van der Waals surface area contributed by atoms with E-state index in [1.54, 1.807) is 6.20 Å². The summed E-state index contributed by atoms with van der Waals surface area (Å²) in [5, 5.41) is 4.65. The molecule has 0 spiro atoms. The van der Waals surface area contributed by atoms with Crippen molar-refractivity contribution in [2.24, 2.45) is 0 Å². The monoisotopic (exact) mass is 356 g/mol. The fourth-order valence-corrected chi connectivity index (χ4v) is 3.82. The average molecular weight is 357 g/mol. The Kier molecular flexibility index (Phi) is 5.64. The molecular weight excluding hydrogens is 336 g/mol. The third-order valence-electron chi connectivity index (χ3n) is 3.76. The third kappa shape index (κ3) is 3.84. The molecule has 2 aromatic rings. The number of halogens is 1. The number of hydrogen-bond donors (Lipinski definition) is 1. The SMILES string of the molecule is CCc1c(NS(=O)(=O)c2cncc(Cl)c2)cnn1C(CC)CC. The first-order valence-electron chi connectivity index (χ1n) is 7.62. The van der Waals surface area contributed by atoms with E-state index in [1.165, 1.54) is 18.5 Å². The van der Waals surface area contributed by atoms with Crippen molar-refractivity contribution in [2.45, 2.75) is 51.0 Å². The molecule has 0 amide bonds. The number of nitrogens with one attached hydrogen (secondary N) is 1. The van der Waals surface area contributed by atoms with Crippen molar-refractivity contribution < 1.29 is 8.42 Å². The van der Waals surface area contributed by atoms with Crippen LogP contribution in [0.4, 0.5) is 5.69 Å². The molecule has 0 aromatic carbocycles. The molecule has 0 radical (unpaired) electrons. The summed E-state index contributed by atoms with van der Waals surface area (Å²) in [6, 6.07) is 1.63. The minimum absolute atomic E-state index is 0.0299. The lowest BCUT2D eigenvalue weighted by molar-refractivity contribution is 0.416. The Balaban J connectivity index is 2.36. The number of sulfonamides is 1. The van der Waals surface area contributed by atoms with Gasteiger partial charge in [-0.1, -0.05) is 32.4 Å². The topological polar surface area (TPSA) is 76.9 Å². The van der Waals surface area contributed by atoms with Crippen LogP contribution in [0.15, 0.2) is 29.6 Å². The number of rotatable bonds is 7. The van der Waals surface area contributed by atoms with E-state index in [0.29, 0.717) is 12.1 Å². The zero-order valence-corrected chi connectivity index (χ0v) is 15.0. The lowest BCUT2D eigenvalue weighted by Crippen LogP contribution is -2.16. The summed E-state index contributed by atoms with van der Waals surface area (Å²) in [5.74, 6) is 0. The normalized spacial score (nSPS) is 11.9. The lowest BCUT2D eigenvalue weighted by Gasteiger charge is -2.17. The van der Waals surface area contributed by atoms with Gasteiger partial charge in [0.25, 0.3) is 10.0 Å². The van der Waals surface area contributed by atoms with Gasteiger partial charge in [0.2, 0.25) is 0 Å². The molecule has 0 unspecified atom stereocenters. The molecule has 6 nitrogen and oxygen atoms in total. The van der Waals surface area contributed by atoms with Crippen LogP contribution in [0.5, 0.6) is 0 Å². The van der Waals surface area contributed by atoms with Crippen molar-refractivity contribution >= 4 is 27.3 Å². The number of anilines is 1. The average Bonchev–Trinajstić information content (AvgIpc) is 2.90. The highest BCUT2D eigenvalue weighted by Crippen LogP contribution is 2.26. The first-order valence-corrected chi connectivity index (χ1v) is 9.48. The van der Waals surface area contributed by atoms with E-state index in [0.717, 1.165) is 18.5 Å². The molecule has 2 aromatic heterocycles. The summed E-state index contributed by atoms with van der Waals surface area (Å²) in [6.45, 7) is 6.17. The first-order chi connectivity index (χ1) is 10.9. The Morgan fingerprint density at radius 1 is 1.22 bits per heavy atom. The maximum Gasteiger partial charge on any atom is 0.263 e. The van der Waals surface area contributed by atoms with Crippen LogP contribution in [0.3, 0.4) is 0 Å². The van der Waals surface area contributed by atoms with E-state index in [2.05, 4.69) is 28.7 Å². The van der Waals surface area contributed by atoms with Crippen LogP contribution in [0.25, 0.3) is 0 Å². The van der Waals surface area contributed by atoms with Gasteiger partial charge >= 0.3 is 0 Å². The molecule has 126 valence electrons. The van der Waals surface area contributed by atoms with Crippen LogP contribution in [0.2, 0.25) is 5.02 Å². The summed E-state index contributed by atoms with van der Waals surface area (Å²) in [4.78, 5) is 3.85. The van der Waals surface area contributed by atoms with Gasteiger partial charge in [0.05, 0.1) is 28.6 Å². The van der Waals surface area contributed by atoms with Crippen LogP contribution < -0.4 is 4.72 Å². The van der Waals surface area contributed by atoms with E-state index < -0.39 is 10.0 Å². The zero-order valence-electron chi connectivity index (χ0n) is 13.5. The van der Waals surface area contributed by atoms with Crippen LogP contribution in [-0.4, -0.2) is 23.2 Å². The first kappa shape index (κ1) is 17.7. The summed E-state index contributed by atoms with van der Waals surface area (Å²) in [6.07, 6.45) is 6.79. The molecule has 0 aliphatic heterocycles. The highest BCUT2D eigenvalue weighted by atomic mass is 35.5. The number of aromatic nitrogens is 3. The van der Waals surface area contributed by atoms with Crippen LogP contribution in [-0.2, 0) is 16.4 Å². The predicted octanol–water partition coefficient (Wildman–Crippen LogP) is 3.66. The van der Waals surface area contributed by atoms with Crippen molar-refractivity contribution in [1.29, 1.82) is 0 Å². The van der Waals surface area contributed by atoms with Crippen LogP contribution in [0.1, 0.15) is 45.3 Å². The van der Waals surface area contributed by atoms with E-state index in [4.69, 9.17) is 11.6 Å². The maximum atomic E-state index is 12.5. The highest BCUT2D eigenvalue weighted by molar-refractivity contribution is 7.92. The molecule has 8 heteroatoms. The second-order valence-corrected chi connectivity index (χ2v) is 7.34. The molecule has 0 fully saturated rings. The second-order valence-electron chi connectivity index (χ2n) is 5.22. The minimum Gasteiger partial charge on any atom is -0.276 e. The summed E-state index contributed by atoms with van der Waals surface area (Å²) in [7, 11) is -3.74. The molecular formula is C15H21ClN4O2S. The molecule has 1 N–H and O–H groups in total. The number of nitrogens with zero attached hydrogens (tertiary/aromatic N) is 3. The summed E-state index contributed by atoms with van der Waals surface area (Å²) >= 11 is 5.82. The van der Waals surface area contributed by atoms with Gasteiger partial charge in [0.15, 0.2) is 0 Å². The smallest absolute Gasteiger partial charge is 0.263 e. The molecule has 0 aliphatic carbocycles. The molecule has 0 aliphatic rings. The van der Waals surface area contributed by atoms with Crippen molar-refractivity contribution in [3.63, 3.8) is 0 Å². The third-order valence-corrected chi connectivity index (χ3v) is 5.30. The zero-order chi connectivity index (χ0) is 17.0. The lowest BCUT2D eigenvalue weighted by atomic mass is 10.1. The molecule has 0 atom stereocenters. The van der Waals surface area contributed by atoms with Crippen LogP contribution in [0, 0.1) is 0 Å². The van der Waals surface area contributed by atoms with Gasteiger partial charge in [-0.2, -0.15) is 5.10 Å². The van der Waals surface area contributed by atoms with Gasteiger partial charge in [0, 0.05) is 12.4 Å². The fourth-order valence-electron chi connectivity index (χ4n) is 2.52. The van der Waals surface area contributed by atoms with Crippen molar-refractivity contribution in [3.8, 4) is 0 Å².